The molecule has 2 heterocycles. The van der Waals surface area contributed by atoms with Crippen LogP contribution in [0.5, 0.6) is 0 Å². The van der Waals surface area contributed by atoms with Gasteiger partial charge in [-0.3, -0.25) is 24.2 Å². The Morgan fingerprint density at radius 1 is 0.920 bits per heavy atom. The number of carbonyl (C=O) groups is 3. The van der Waals surface area contributed by atoms with Crippen LogP contribution < -0.4 is 21.9 Å². The molecule has 0 saturated heterocycles. The molecule has 0 fully saturated rings. The fourth-order valence-electron chi connectivity index (χ4n) is 4.25. The summed E-state index contributed by atoms with van der Waals surface area (Å²) in [5.74, 6) is -1.04. The molecule has 50 heavy (non-hydrogen) atoms. The van der Waals surface area contributed by atoms with Crippen LogP contribution in [0.2, 0.25) is 0 Å². The molecular formula is C37H64N6O7. The van der Waals surface area contributed by atoms with E-state index in [1.807, 2.05) is 46.9 Å². The molecule has 13 heteroatoms. The topological polar surface area (TPSA) is 202 Å². The average Bonchev–Trinajstić information content (AvgIpc) is 3.54. The maximum atomic E-state index is 12.1. The van der Waals surface area contributed by atoms with Gasteiger partial charge in [0.1, 0.15) is 12.3 Å². The van der Waals surface area contributed by atoms with Gasteiger partial charge in [-0.2, -0.15) is 4.98 Å². The van der Waals surface area contributed by atoms with Crippen LogP contribution in [0, 0.1) is 0 Å². The molecule has 0 radical (unpaired) electrons. The van der Waals surface area contributed by atoms with Crippen LogP contribution in [0.15, 0.2) is 35.3 Å². The first-order valence-corrected chi connectivity index (χ1v) is 18.0. The van der Waals surface area contributed by atoms with Crippen molar-refractivity contribution in [1.29, 1.82) is 0 Å². The normalized spacial score (nSPS) is 9.74. The Morgan fingerprint density at radius 2 is 1.56 bits per heavy atom. The summed E-state index contributed by atoms with van der Waals surface area (Å²) in [5, 5.41) is 14.7. The number of nitrogens with two attached hydrogens (primary N) is 1. The van der Waals surface area contributed by atoms with E-state index in [2.05, 4.69) is 44.2 Å². The number of likely N-dealkylation sites (N-methyl/N-ethyl adjacent to an activating group) is 1. The number of hydrogen-bond acceptors (Lipinski definition) is 9. The lowest BCUT2D eigenvalue weighted by molar-refractivity contribution is -0.137. The highest BCUT2D eigenvalue weighted by atomic mass is 16.5. The van der Waals surface area contributed by atoms with Crippen LogP contribution in [-0.2, 0) is 31.9 Å². The predicted molar refractivity (Wildman–Crippen MR) is 203 cm³/mol. The van der Waals surface area contributed by atoms with E-state index in [1.54, 1.807) is 18.3 Å². The molecule has 3 aromatic rings. The zero-order chi connectivity index (χ0) is 38.0. The van der Waals surface area contributed by atoms with Crippen LogP contribution in [0.4, 0.5) is 5.95 Å². The Hall–Kier alpha value is -4.23. The summed E-state index contributed by atoms with van der Waals surface area (Å²) in [4.78, 5) is 53.7. The van der Waals surface area contributed by atoms with Crippen LogP contribution >= 0.6 is 0 Å². The third kappa shape index (κ3) is 23.2. The fourth-order valence-corrected chi connectivity index (χ4v) is 4.25. The van der Waals surface area contributed by atoms with Gasteiger partial charge in [0.25, 0.3) is 17.9 Å². The van der Waals surface area contributed by atoms with E-state index in [0.29, 0.717) is 68.7 Å². The number of aromatic amines is 2. The molecule has 1 amide bonds. The van der Waals surface area contributed by atoms with Gasteiger partial charge in [-0.25, -0.2) is 0 Å². The molecule has 0 bridgehead atoms. The molecule has 0 unspecified atom stereocenters. The zero-order valence-electron chi connectivity index (χ0n) is 31.5. The fraction of sp³-hybridized carbons (Fsp3) is 0.595. The van der Waals surface area contributed by atoms with E-state index < -0.39 is 5.97 Å². The van der Waals surface area contributed by atoms with Crippen molar-refractivity contribution in [3.63, 3.8) is 0 Å². The van der Waals surface area contributed by atoms with Gasteiger partial charge in [-0.1, -0.05) is 92.2 Å². The van der Waals surface area contributed by atoms with Crippen molar-refractivity contribution in [1.82, 2.24) is 25.6 Å². The summed E-state index contributed by atoms with van der Waals surface area (Å²) in [6, 6.07) is 7.18. The van der Waals surface area contributed by atoms with Crippen LogP contribution in [0.3, 0.4) is 0 Å². The Bertz CT molecular complexity index is 1320. The molecule has 2 aromatic heterocycles. The van der Waals surface area contributed by atoms with Crippen molar-refractivity contribution in [3.05, 3.63) is 57.5 Å². The number of aromatic nitrogens is 3. The van der Waals surface area contributed by atoms with Crippen molar-refractivity contribution >= 4 is 35.3 Å². The summed E-state index contributed by atoms with van der Waals surface area (Å²) in [7, 11) is 1.85. The minimum atomic E-state index is -0.880. The number of aryl methyl sites for hydroxylation is 2. The number of ether oxygens (including phenoxy) is 2. The van der Waals surface area contributed by atoms with Crippen molar-refractivity contribution in [2.45, 2.75) is 106 Å². The first-order chi connectivity index (χ1) is 24.3. The highest BCUT2D eigenvalue weighted by Crippen LogP contribution is 2.16. The van der Waals surface area contributed by atoms with E-state index in [0.717, 1.165) is 17.7 Å². The molecule has 0 aliphatic carbocycles. The second-order valence-electron chi connectivity index (χ2n) is 10.5. The Labute approximate surface area is 298 Å². The number of unbranched alkanes of at least 4 members (excludes halogenated alkanes) is 5. The molecule has 0 atom stereocenters. The summed E-state index contributed by atoms with van der Waals surface area (Å²) in [6.07, 6.45) is 12.0. The molecule has 0 aliphatic rings. The molecule has 3 rings (SSSR count). The van der Waals surface area contributed by atoms with Crippen LogP contribution in [0.25, 0.3) is 11.0 Å². The number of benzene rings is 1. The number of amides is 1. The number of H-pyrrole nitrogens is 2. The van der Waals surface area contributed by atoms with E-state index in [9.17, 15) is 19.2 Å². The van der Waals surface area contributed by atoms with E-state index in [-0.39, 0.29) is 23.8 Å². The average molecular weight is 705 g/mol. The number of aliphatic carboxylic acids is 1. The maximum absolute atomic E-state index is 12.1. The Balaban J connectivity index is 0. The lowest BCUT2D eigenvalue weighted by Crippen LogP contribution is -2.24. The number of nitrogens with zero attached hydrogens (tertiary/aromatic N) is 1. The van der Waals surface area contributed by atoms with Gasteiger partial charge in [0, 0.05) is 31.3 Å². The quantitative estimate of drug-likeness (QED) is 0.0596. The summed E-state index contributed by atoms with van der Waals surface area (Å²) < 4.78 is 9.42. The molecule has 0 spiro atoms. The Morgan fingerprint density at radius 3 is 2.12 bits per heavy atom. The van der Waals surface area contributed by atoms with Gasteiger partial charge >= 0.3 is 5.97 Å². The van der Waals surface area contributed by atoms with E-state index >= 15 is 0 Å². The number of carboxylic acid groups (broad SMARTS) is 1. The number of fused-ring (bicyclic) bond motifs is 1. The van der Waals surface area contributed by atoms with Crippen molar-refractivity contribution < 1.29 is 29.0 Å². The summed E-state index contributed by atoms with van der Waals surface area (Å²) >= 11 is 0. The molecule has 7 N–H and O–H groups in total. The molecule has 0 saturated carbocycles. The lowest BCUT2D eigenvalue weighted by Gasteiger charge is -2.06. The standard InChI is InChI=1S/C19H21N5O4.C8H18.C6H13NO3.2C2H6/c20-19-23-16-15(18(28)24-19)13(10-22-16)8-5-11-3-6-12(7-4-11)17(27)21-9-1-2-14(25)26;1-3-5-7-8-6-4-2;1-7-2-3-9-4-5-10-6-8;2*1-2/h3-4,6-7,10H,1-2,5,8-9H2,(H,21,27)(H,25,26)(H4,20,22,23,24,28);3-8H2,1-2H3;6-7H,2-5H2,1H3;2*1-2H3. The van der Waals surface area contributed by atoms with E-state index in [4.69, 9.17) is 15.6 Å². The van der Waals surface area contributed by atoms with E-state index in [1.165, 1.54) is 38.5 Å². The van der Waals surface area contributed by atoms with Crippen molar-refractivity contribution in [3.8, 4) is 0 Å². The smallest absolute Gasteiger partial charge is 0.303 e. The van der Waals surface area contributed by atoms with Gasteiger partial charge in [-0.05, 0) is 49.6 Å². The lowest BCUT2D eigenvalue weighted by atomic mass is 10.0. The zero-order valence-corrected chi connectivity index (χ0v) is 31.5. The second kappa shape index (κ2) is 33.3. The number of nitrogens with one attached hydrogen (secondary N) is 4. The molecular weight excluding hydrogens is 640 g/mol. The molecule has 1 aromatic carbocycles. The largest absolute Gasteiger partial charge is 0.481 e. The number of nitrogen functional groups attached to an aromatic ring is 1. The van der Waals surface area contributed by atoms with Crippen LogP contribution in [0.1, 0.15) is 114 Å². The van der Waals surface area contributed by atoms with Gasteiger partial charge in [0.2, 0.25) is 5.95 Å². The minimum absolute atomic E-state index is 0.0258. The Kier molecular flexibility index (Phi) is 31.9. The van der Waals surface area contributed by atoms with Gasteiger partial charge in [-0.15, -0.1) is 0 Å². The highest BCUT2D eigenvalue weighted by Gasteiger charge is 2.11. The first-order valence-electron chi connectivity index (χ1n) is 18.0. The van der Waals surface area contributed by atoms with Crippen LogP contribution in [-0.4, -0.2) is 78.4 Å². The SMILES string of the molecule is CC.CC.CCCCCCCC.CNCCOCCOC=O.Nc1nc2[nH]cc(CCc3ccc(C(=O)NCCCC(=O)O)cc3)c2c(=O)[nH]1. The number of hydrogen-bond donors (Lipinski definition) is 6. The first kappa shape index (κ1) is 47.9. The third-order valence-electron chi connectivity index (χ3n) is 6.76. The van der Waals surface area contributed by atoms with Crippen molar-refractivity contribution in [2.24, 2.45) is 0 Å². The van der Waals surface area contributed by atoms with Gasteiger partial charge in [0.05, 0.1) is 18.6 Å². The minimum Gasteiger partial charge on any atom is -0.481 e. The predicted octanol–water partition coefficient (Wildman–Crippen LogP) is 6.03. The van der Waals surface area contributed by atoms with Crippen molar-refractivity contribution in [2.75, 3.05) is 45.7 Å². The number of anilines is 1. The summed E-state index contributed by atoms with van der Waals surface area (Å²) in [5.41, 5.74) is 8.13. The maximum Gasteiger partial charge on any atom is 0.303 e. The highest BCUT2D eigenvalue weighted by molar-refractivity contribution is 5.94. The second-order valence-corrected chi connectivity index (χ2v) is 10.5. The van der Waals surface area contributed by atoms with Gasteiger partial charge < -0.3 is 35.9 Å². The number of carboxylic acids is 1. The monoisotopic (exact) mass is 704 g/mol. The number of rotatable bonds is 20. The molecule has 13 nitrogen and oxygen atoms in total. The third-order valence-corrected chi connectivity index (χ3v) is 6.76. The number of carbonyl (C=O) groups excluding carboxylic acids is 2. The molecule has 0 aliphatic heterocycles. The van der Waals surface area contributed by atoms with Gasteiger partial charge in [0.15, 0.2) is 0 Å². The summed E-state index contributed by atoms with van der Waals surface area (Å²) in [6.45, 7) is 15.5. The molecule has 284 valence electrons.